The molecule has 140 valence electrons. The van der Waals surface area contributed by atoms with Crippen molar-refractivity contribution in [1.29, 1.82) is 0 Å². The van der Waals surface area contributed by atoms with Gasteiger partial charge in [0.2, 0.25) is 11.8 Å². The van der Waals surface area contributed by atoms with Crippen LogP contribution in [0.5, 0.6) is 0 Å². The predicted octanol–water partition coefficient (Wildman–Crippen LogP) is 1.91. The Hall–Kier alpha value is -2.09. The third-order valence-corrected chi connectivity index (χ3v) is 3.62. The van der Waals surface area contributed by atoms with E-state index in [0.717, 1.165) is 12.0 Å². The lowest BCUT2D eigenvalue weighted by Crippen LogP contribution is -2.43. The van der Waals surface area contributed by atoms with Crippen LogP contribution in [-0.2, 0) is 9.59 Å². The van der Waals surface area contributed by atoms with Gasteiger partial charge in [-0.05, 0) is 19.0 Å². The highest BCUT2D eigenvalue weighted by Gasteiger charge is 2.27. The van der Waals surface area contributed by atoms with Crippen molar-refractivity contribution in [1.82, 2.24) is 15.5 Å². The molecule has 0 spiro atoms. The number of benzene rings is 1. The van der Waals surface area contributed by atoms with Crippen molar-refractivity contribution in [2.45, 2.75) is 25.4 Å². The van der Waals surface area contributed by atoms with E-state index in [-0.39, 0.29) is 24.9 Å². The second-order valence-electron chi connectivity index (χ2n) is 5.88. The summed E-state index contributed by atoms with van der Waals surface area (Å²) in [5.41, 5.74) is 1.13. The summed E-state index contributed by atoms with van der Waals surface area (Å²) in [5, 5.41) is 4.57. The maximum atomic E-state index is 12.0. The molecule has 0 fully saturated rings. The molecule has 1 rings (SSSR count). The molecule has 0 aromatic heterocycles. The molecular weight excluding hydrogens is 335 g/mol. The first-order valence-electron chi connectivity index (χ1n) is 8.05. The molecule has 0 aliphatic heterocycles. The van der Waals surface area contributed by atoms with E-state index in [1.807, 2.05) is 37.3 Å². The topological polar surface area (TPSA) is 61.4 Å². The Kier molecular flexibility index (Phi) is 8.40. The summed E-state index contributed by atoms with van der Waals surface area (Å²) in [7, 11) is 1.50. The normalized spacial score (nSPS) is 12.7. The largest absolute Gasteiger partial charge is 0.405 e. The van der Waals surface area contributed by atoms with Crippen molar-refractivity contribution in [2.24, 2.45) is 0 Å². The number of nitrogens with zero attached hydrogens (tertiary/aromatic N) is 1. The van der Waals surface area contributed by atoms with E-state index in [0.29, 0.717) is 6.54 Å². The first-order valence-corrected chi connectivity index (χ1v) is 8.05. The molecule has 0 aliphatic rings. The van der Waals surface area contributed by atoms with Gasteiger partial charge in [0.15, 0.2) is 0 Å². The average molecular weight is 359 g/mol. The van der Waals surface area contributed by atoms with Crippen LogP contribution in [0.25, 0.3) is 0 Å². The summed E-state index contributed by atoms with van der Waals surface area (Å²) in [6, 6.07) is 9.79. The van der Waals surface area contributed by atoms with Gasteiger partial charge in [0.1, 0.15) is 6.54 Å². The van der Waals surface area contributed by atoms with Gasteiger partial charge in [-0.3, -0.25) is 14.5 Å². The van der Waals surface area contributed by atoms with Crippen molar-refractivity contribution in [3.05, 3.63) is 35.9 Å². The van der Waals surface area contributed by atoms with E-state index < -0.39 is 18.6 Å². The number of rotatable bonds is 9. The highest BCUT2D eigenvalue weighted by Crippen LogP contribution is 2.17. The number of carbonyl (C=O) groups excluding carboxylic acids is 2. The quantitative estimate of drug-likeness (QED) is 0.708. The molecule has 2 amide bonds. The Labute approximate surface area is 145 Å². The number of hydrogen-bond acceptors (Lipinski definition) is 3. The van der Waals surface area contributed by atoms with Gasteiger partial charge in [-0.15, -0.1) is 0 Å². The lowest BCUT2D eigenvalue weighted by atomic mass is 9.96. The van der Waals surface area contributed by atoms with Crippen LogP contribution < -0.4 is 10.6 Å². The fraction of sp³-hybridized carbons (Fsp3) is 0.529. The molecule has 8 heteroatoms. The number of amides is 2. The van der Waals surface area contributed by atoms with E-state index in [9.17, 15) is 22.8 Å². The van der Waals surface area contributed by atoms with Crippen LogP contribution in [-0.4, -0.2) is 56.1 Å². The van der Waals surface area contributed by atoms with Crippen LogP contribution in [0.2, 0.25) is 0 Å². The Bertz CT molecular complexity index is 550. The SMILES string of the molecule is CC[C@H](CNC(=O)CN(C)CC(=O)NCC(F)(F)F)c1ccccc1. The number of likely N-dealkylation sites (N-methyl/N-ethyl adjacent to an activating group) is 1. The van der Waals surface area contributed by atoms with E-state index in [4.69, 9.17) is 0 Å². The maximum Gasteiger partial charge on any atom is 0.405 e. The number of alkyl halides is 3. The molecule has 0 heterocycles. The maximum absolute atomic E-state index is 12.0. The fourth-order valence-electron chi connectivity index (χ4n) is 2.32. The molecule has 2 N–H and O–H groups in total. The first kappa shape index (κ1) is 21.0. The lowest BCUT2D eigenvalue weighted by Gasteiger charge is -2.19. The van der Waals surface area contributed by atoms with Gasteiger partial charge in [-0.25, -0.2) is 0 Å². The molecule has 25 heavy (non-hydrogen) atoms. The van der Waals surface area contributed by atoms with E-state index in [2.05, 4.69) is 5.32 Å². The predicted molar refractivity (Wildman–Crippen MR) is 89.0 cm³/mol. The number of nitrogens with one attached hydrogen (secondary N) is 2. The van der Waals surface area contributed by atoms with E-state index in [1.54, 1.807) is 5.32 Å². The first-order chi connectivity index (χ1) is 11.7. The van der Waals surface area contributed by atoms with Crippen molar-refractivity contribution >= 4 is 11.8 Å². The zero-order valence-electron chi connectivity index (χ0n) is 14.4. The highest BCUT2D eigenvalue weighted by atomic mass is 19.4. The lowest BCUT2D eigenvalue weighted by molar-refractivity contribution is -0.139. The molecule has 1 aromatic carbocycles. The minimum absolute atomic E-state index is 0.0648. The monoisotopic (exact) mass is 359 g/mol. The van der Waals surface area contributed by atoms with Gasteiger partial charge in [0.05, 0.1) is 13.1 Å². The summed E-state index contributed by atoms with van der Waals surface area (Å²) in [6.07, 6.45) is -3.59. The molecule has 1 atom stereocenters. The van der Waals surface area contributed by atoms with Crippen molar-refractivity contribution < 1.29 is 22.8 Å². The van der Waals surface area contributed by atoms with E-state index in [1.165, 1.54) is 11.9 Å². The molecular formula is C17H24F3N3O2. The van der Waals surface area contributed by atoms with Crippen molar-refractivity contribution in [3.8, 4) is 0 Å². The molecule has 0 aliphatic carbocycles. The standard InChI is InChI=1S/C17H24F3N3O2/c1-3-13(14-7-5-4-6-8-14)9-21-15(24)10-23(2)11-16(25)22-12-17(18,19)20/h4-8,13H,3,9-12H2,1-2H3,(H,21,24)(H,22,25)/t13-/m1/s1. The summed E-state index contributed by atoms with van der Waals surface area (Å²) in [6.45, 7) is 0.777. The smallest absolute Gasteiger partial charge is 0.354 e. The fourth-order valence-corrected chi connectivity index (χ4v) is 2.32. The number of hydrogen-bond donors (Lipinski definition) is 2. The summed E-state index contributed by atoms with van der Waals surface area (Å²) >= 11 is 0. The third kappa shape index (κ3) is 9.09. The van der Waals surface area contributed by atoms with Gasteiger partial charge in [-0.1, -0.05) is 37.3 Å². The van der Waals surface area contributed by atoms with Crippen LogP contribution >= 0.6 is 0 Å². The van der Waals surface area contributed by atoms with Crippen LogP contribution in [0.15, 0.2) is 30.3 Å². The summed E-state index contributed by atoms with van der Waals surface area (Å²) in [5.74, 6) is -0.866. The average Bonchev–Trinajstić information content (AvgIpc) is 2.53. The minimum Gasteiger partial charge on any atom is -0.354 e. The summed E-state index contributed by atoms with van der Waals surface area (Å²) < 4.78 is 36.1. The molecule has 1 aromatic rings. The molecule has 0 unspecified atom stereocenters. The molecule has 0 saturated carbocycles. The van der Waals surface area contributed by atoms with Gasteiger partial charge in [0, 0.05) is 12.5 Å². The van der Waals surface area contributed by atoms with Crippen LogP contribution in [0.1, 0.15) is 24.8 Å². The molecule has 0 saturated heterocycles. The van der Waals surface area contributed by atoms with Crippen molar-refractivity contribution in [2.75, 3.05) is 33.2 Å². The minimum atomic E-state index is -4.45. The Morgan fingerprint density at radius 2 is 1.64 bits per heavy atom. The number of carbonyl (C=O) groups is 2. The highest BCUT2D eigenvalue weighted by molar-refractivity contribution is 5.81. The van der Waals surface area contributed by atoms with Crippen LogP contribution in [0, 0.1) is 0 Å². The van der Waals surface area contributed by atoms with Crippen LogP contribution in [0.4, 0.5) is 13.2 Å². The Balaban J connectivity index is 2.34. The van der Waals surface area contributed by atoms with Crippen molar-refractivity contribution in [3.63, 3.8) is 0 Å². The molecule has 0 bridgehead atoms. The zero-order chi connectivity index (χ0) is 18.9. The Morgan fingerprint density at radius 3 is 2.16 bits per heavy atom. The van der Waals surface area contributed by atoms with Gasteiger partial charge < -0.3 is 10.6 Å². The molecule has 5 nitrogen and oxygen atoms in total. The second-order valence-corrected chi connectivity index (χ2v) is 5.88. The third-order valence-electron chi connectivity index (χ3n) is 3.62. The van der Waals surface area contributed by atoms with Gasteiger partial charge in [0.25, 0.3) is 0 Å². The number of halogens is 3. The summed E-state index contributed by atoms with van der Waals surface area (Å²) in [4.78, 5) is 24.7. The Morgan fingerprint density at radius 1 is 1.08 bits per heavy atom. The van der Waals surface area contributed by atoms with Gasteiger partial charge in [-0.2, -0.15) is 13.2 Å². The zero-order valence-corrected chi connectivity index (χ0v) is 14.4. The molecule has 0 radical (unpaired) electrons. The van der Waals surface area contributed by atoms with Crippen LogP contribution in [0.3, 0.4) is 0 Å². The van der Waals surface area contributed by atoms with Gasteiger partial charge >= 0.3 is 6.18 Å². The second kappa shape index (κ2) is 10.0. The van der Waals surface area contributed by atoms with E-state index >= 15 is 0 Å².